The quantitative estimate of drug-likeness (QED) is 0.611. The first-order valence-electron chi connectivity index (χ1n) is 9.18. The number of rotatable bonds is 7. The van der Waals surface area contributed by atoms with Crippen LogP contribution in [0.5, 0.6) is 0 Å². The Morgan fingerprint density at radius 1 is 1.12 bits per heavy atom. The van der Waals surface area contributed by atoms with E-state index >= 15 is 0 Å². The van der Waals surface area contributed by atoms with Crippen LogP contribution in [0.1, 0.15) is 53.6 Å². The van der Waals surface area contributed by atoms with Gasteiger partial charge in [-0.25, -0.2) is 0 Å². The predicted octanol–water partition coefficient (Wildman–Crippen LogP) is 6.15. The van der Waals surface area contributed by atoms with Crippen molar-refractivity contribution in [3.8, 4) is 0 Å². The molecule has 2 rings (SSSR count). The van der Waals surface area contributed by atoms with Crippen molar-refractivity contribution in [2.75, 3.05) is 5.32 Å². The van der Waals surface area contributed by atoms with Gasteiger partial charge in [0, 0.05) is 5.69 Å². The first kappa shape index (κ1) is 20.3. The number of carboxylic acids is 1. The molecule has 26 heavy (non-hydrogen) atoms. The number of nitrogens with one attached hydrogen (secondary N) is 1. The Kier molecular flexibility index (Phi) is 6.71. The van der Waals surface area contributed by atoms with Crippen molar-refractivity contribution in [2.24, 2.45) is 0 Å². The Morgan fingerprint density at radius 3 is 2.38 bits per heavy atom. The molecular formula is C22H28ClNO2. The molecule has 2 N–H and O–H groups in total. The maximum atomic E-state index is 11.3. The van der Waals surface area contributed by atoms with E-state index in [0.717, 1.165) is 47.3 Å². The molecule has 0 saturated carbocycles. The largest absolute Gasteiger partial charge is 0.481 e. The summed E-state index contributed by atoms with van der Waals surface area (Å²) in [7, 11) is 0. The molecule has 0 spiro atoms. The molecule has 0 atom stereocenters. The highest BCUT2D eigenvalue weighted by Gasteiger charge is 2.17. The van der Waals surface area contributed by atoms with E-state index in [0.29, 0.717) is 5.02 Å². The summed E-state index contributed by atoms with van der Waals surface area (Å²) in [5.74, 6) is -0.834. The molecule has 0 amide bonds. The molecule has 3 nitrogen and oxygen atoms in total. The lowest BCUT2D eigenvalue weighted by Crippen LogP contribution is -2.08. The first-order valence-corrected chi connectivity index (χ1v) is 9.56. The smallest absolute Gasteiger partial charge is 0.307 e. The van der Waals surface area contributed by atoms with E-state index in [1.54, 1.807) is 0 Å². The van der Waals surface area contributed by atoms with Crippen LogP contribution in [0, 0.1) is 20.8 Å². The SMILES string of the molecule is CCCc1ccc(Nc2c(Cl)c(C)c(C)c(C)c2CC)c(CC(=O)O)c1. The van der Waals surface area contributed by atoms with E-state index < -0.39 is 5.97 Å². The lowest BCUT2D eigenvalue weighted by atomic mass is 9.94. The number of anilines is 2. The summed E-state index contributed by atoms with van der Waals surface area (Å²) in [6, 6.07) is 6.03. The van der Waals surface area contributed by atoms with Gasteiger partial charge in [-0.1, -0.05) is 44.0 Å². The van der Waals surface area contributed by atoms with Crippen LogP contribution in [0.15, 0.2) is 18.2 Å². The number of carbonyl (C=O) groups is 1. The second-order valence-corrected chi connectivity index (χ2v) is 7.21. The van der Waals surface area contributed by atoms with Gasteiger partial charge in [0.25, 0.3) is 0 Å². The summed E-state index contributed by atoms with van der Waals surface area (Å²) < 4.78 is 0. The number of benzene rings is 2. The van der Waals surface area contributed by atoms with Gasteiger partial charge in [0.05, 0.1) is 17.1 Å². The number of hydrogen-bond acceptors (Lipinski definition) is 2. The summed E-state index contributed by atoms with van der Waals surface area (Å²) in [5.41, 5.74) is 8.34. The van der Waals surface area contributed by atoms with Gasteiger partial charge in [0.1, 0.15) is 0 Å². The first-order chi connectivity index (χ1) is 12.3. The molecule has 140 valence electrons. The third-order valence-corrected chi connectivity index (χ3v) is 5.56. The number of aliphatic carboxylic acids is 1. The fraction of sp³-hybridized carbons (Fsp3) is 0.409. The molecule has 4 heteroatoms. The van der Waals surface area contributed by atoms with Crippen LogP contribution in [-0.2, 0) is 24.1 Å². The van der Waals surface area contributed by atoms with Crippen molar-refractivity contribution in [3.05, 3.63) is 56.6 Å². The highest BCUT2D eigenvalue weighted by Crippen LogP contribution is 2.38. The van der Waals surface area contributed by atoms with Crippen molar-refractivity contribution in [1.82, 2.24) is 0 Å². The third kappa shape index (κ3) is 4.21. The van der Waals surface area contributed by atoms with Crippen LogP contribution < -0.4 is 5.32 Å². The van der Waals surface area contributed by atoms with Crippen LogP contribution in [0.4, 0.5) is 11.4 Å². The molecule has 0 heterocycles. The van der Waals surface area contributed by atoms with E-state index in [4.69, 9.17) is 11.6 Å². The Bertz CT molecular complexity index is 828. The van der Waals surface area contributed by atoms with Crippen LogP contribution in [-0.4, -0.2) is 11.1 Å². The van der Waals surface area contributed by atoms with E-state index in [9.17, 15) is 9.90 Å². The maximum absolute atomic E-state index is 11.3. The van der Waals surface area contributed by atoms with Crippen LogP contribution >= 0.6 is 11.6 Å². The van der Waals surface area contributed by atoms with E-state index in [1.807, 2.05) is 19.1 Å². The van der Waals surface area contributed by atoms with Gasteiger partial charge in [0.2, 0.25) is 0 Å². The zero-order valence-corrected chi connectivity index (χ0v) is 17.0. The van der Waals surface area contributed by atoms with Crippen LogP contribution in [0.25, 0.3) is 0 Å². The second-order valence-electron chi connectivity index (χ2n) is 6.83. The zero-order valence-electron chi connectivity index (χ0n) is 16.3. The molecule has 2 aromatic rings. The van der Waals surface area contributed by atoms with Gasteiger partial charge in [-0.05, 0) is 73.1 Å². The van der Waals surface area contributed by atoms with Gasteiger partial charge < -0.3 is 10.4 Å². The molecule has 0 aliphatic rings. The molecule has 0 saturated heterocycles. The monoisotopic (exact) mass is 373 g/mol. The van der Waals surface area contributed by atoms with Gasteiger partial charge >= 0.3 is 5.97 Å². The predicted molar refractivity (Wildman–Crippen MR) is 110 cm³/mol. The van der Waals surface area contributed by atoms with Gasteiger partial charge in [-0.3, -0.25) is 4.79 Å². The summed E-state index contributed by atoms with van der Waals surface area (Å²) >= 11 is 6.66. The molecule has 0 aliphatic heterocycles. The Morgan fingerprint density at radius 2 is 1.81 bits per heavy atom. The minimum absolute atomic E-state index is 0.0111. The Balaban J connectivity index is 2.56. The molecule has 0 unspecified atom stereocenters. The molecule has 0 aromatic heterocycles. The summed E-state index contributed by atoms with van der Waals surface area (Å²) in [5, 5.41) is 13.5. The number of aryl methyl sites for hydroxylation is 1. The van der Waals surface area contributed by atoms with E-state index in [2.05, 4.69) is 39.1 Å². The normalized spacial score (nSPS) is 10.8. The maximum Gasteiger partial charge on any atom is 0.307 e. The summed E-state index contributed by atoms with van der Waals surface area (Å²) in [6.45, 7) is 10.5. The molecule has 0 fully saturated rings. The molecule has 0 bridgehead atoms. The summed E-state index contributed by atoms with van der Waals surface area (Å²) in [4.78, 5) is 11.3. The van der Waals surface area contributed by atoms with Crippen molar-refractivity contribution >= 4 is 28.9 Å². The standard InChI is InChI=1S/C22H28ClNO2/c1-6-8-16-9-10-19(17(11-16)12-20(25)26)24-22-18(7-2)14(4)13(3)15(5)21(22)23/h9-11,24H,6-8,12H2,1-5H3,(H,25,26). The zero-order chi connectivity index (χ0) is 19.4. The molecule has 0 radical (unpaired) electrons. The molecule has 0 aliphatic carbocycles. The topological polar surface area (TPSA) is 49.3 Å². The molecule has 2 aromatic carbocycles. The third-order valence-electron chi connectivity index (χ3n) is 5.09. The van der Waals surface area contributed by atoms with Gasteiger partial charge in [0.15, 0.2) is 0 Å². The average Bonchev–Trinajstić information content (AvgIpc) is 2.59. The number of hydrogen-bond donors (Lipinski definition) is 2. The lowest BCUT2D eigenvalue weighted by Gasteiger charge is -2.21. The highest BCUT2D eigenvalue weighted by atomic mass is 35.5. The van der Waals surface area contributed by atoms with E-state index in [-0.39, 0.29) is 6.42 Å². The second kappa shape index (κ2) is 8.59. The van der Waals surface area contributed by atoms with Crippen LogP contribution in [0.2, 0.25) is 5.02 Å². The minimum Gasteiger partial charge on any atom is -0.481 e. The van der Waals surface area contributed by atoms with E-state index in [1.165, 1.54) is 16.7 Å². The van der Waals surface area contributed by atoms with Gasteiger partial charge in [-0.15, -0.1) is 0 Å². The van der Waals surface area contributed by atoms with Crippen molar-refractivity contribution in [1.29, 1.82) is 0 Å². The van der Waals surface area contributed by atoms with Crippen molar-refractivity contribution in [2.45, 2.75) is 60.3 Å². The molecular weight excluding hydrogens is 346 g/mol. The fourth-order valence-electron chi connectivity index (χ4n) is 3.41. The number of carboxylic acid groups (broad SMARTS) is 1. The van der Waals surface area contributed by atoms with Gasteiger partial charge in [-0.2, -0.15) is 0 Å². The van der Waals surface area contributed by atoms with Crippen LogP contribution in [0.3, 0.4) is 0 Å². The van der Waals surface area contributed by atoms with Crippen molar-refractivity contribution in [3.63, 3.8) is 0 Å². The lowest BCUT2D eigenvalue weighted by molar-refractivity contribution is -0.136. The minimum atomic E-state index is -0.834. The Hall–Kier alpha value is -2.00. The number of halogens is 1. The average molecular weight is 374 g/mol. The van der Waals surface area contributed by atoms with Crippen molar-refractivity contribution < 1.29 is 9.90 Å². The summed E-state index contributed by atoms with van der Waals surface area (Å²) in [6.07, 6.45) is 2.82. The highest BCUT2D eigenvalue weighted by molar-refractivity contribution is 6.34. The Labute approximate surface area is 161 Å². The fourth-order valence-corrected chi connectivity index (χ4v) is 3.71.